The van der Waals surface area contributed by atoms with E-state index in [1.165, 1.54) is 5.56 Å². The van der Waals surface area contributed by atoms with Gasteiger partial charge in [-0.3, -0.25) is 0 Å². The highest BCUT2D eigenvalue weighted by atomic mass is 35.5. The van der Waals surface area contributed by atoms with Gasteiger partial charge in [-0.2, -0.15) is 0 Å². The quantitative estimate of drug-likeness (QED) is 0.892. The highest BCUT2D eigenvalue weighted by Crippen LogP contribution is 2.19. The van der Waals surface area contributed by atoms with Crippen LogP contribution in [0, 0.1) is 0 Å². The van der Waals surface area contributed by atoms with Gasteiger partial charge in [0.15, 0.2) is 5.22 Å². The van der Waals surface area contributed by atoms with Crippen molar-refractivity contribution in [3.8, 4) is 0 Å². The molecule has 0 bridgehead atoms. The van der Waals surface area contributed by atoms with Crippen molar-refractivity contribution in [1.82, 2.24) is 15.2 Å². The van der Waals surface area contributed by atoms with Gasteiger partial charge in [-0.25, -0.2) is 4.98 Å². The summed E-state index contributed by atoms with van der Waals surface area (Å²) < 4.78 is 5.35. The van der Waals surface area contributed by atoms with Crippen LogP contribution >= 0.6 is 24.0 Å². The maximum atomic E-state index is 5.78. The van der Waals surface area contributed by atoms with E-state index in [1.54, 1.807) is 6.07 Å². The van der Waals surface area contributed by atoms with Crippen LogP contribution in [-0.4, -0.2) is 43.1 Å². The molecule has 2 aromatic heterocycles. The number of nitrogens with zero attached hydrogens (tertiary/aromatic N) is 3. The normalized spacial score (nSPS) is 15.5. The van der Waals surface area contributed by atoms with E-state index in [1.807, 2.05) is 18.3 Å². The maximum absolute atomic E-state index is 5.78. The summed E-state index contributed by atoms with van der Waals surface area (Å²) in [7, 11) is 2.16. The van der Waals surface area contributed by atoms with Gasteiger partial charge in [-0.15, -0.1) is 12.4 Å². The molecule has 0 saturated carbocycles. The van der Waals surface area contributed by atoms with Crippen molar-refractivity contribution in [2.45, 2.75) is 13.1 Å². The Labute approximate surface area is 148 Å². The van der Waals surface area contributed by atoms with E-state index in [-0.39, 0.29) is 12.4 Å². The fourth-order valence-electron chi connectivity index (χ4n) is 2.64. The number of pyridine rings is 1. The second-order valence-corrected chi connectivity index (χ2v) is 5.96. The van der Waals surface area contributed by atoms with Crippen molar-refractivity contribution in [3.05, 3.63) is 47.0 Å². The van der Waals surface area contributed by atoms with E-state index >= 15 is 0 Å². The highest BCUT2D eigenvalue weighted by molar-refractivity contribution is 6.28. The van der Waals surface area contributed by atoms with E-state index in [2.05, 4.69) is 33.2 Å². The molecule has 0 aromatic carbocycles. The Hall–Kier alpha value is -1.27. The molecular formula is C16H22Cl2N4O. The number of rotatable bonds is 5. The molecule has 0 radical (unpaired) electrons. The number of aromatic nitrogens is 1. The first-order chi connectivity index (χ1) is 10.7. The number of hydrogen-bond acceptors (Lipinski definition) is 5. The number of hydrogen-bond donors (Lipinski definition) is 1. The molecule has 126 valence electrons. The second-order valence-electron chi connectivity index (χ2n) is 5.59. The maximum Gasteiger partial charge on any atom is 0.193 e. The molecule has 0 aliphatic carbocycles. The smallest absolute Gasteiger partial charge is 0.193 e. The van der Waals surface area contributed by atoms with E-state index in [9.17, 15) is 0 Å². The molecule has 0 unspecified atom stereocenters. The Morgan fingerprint density at radius 2 is 1.96 bits per heavy atom. The third-order valence-corrected chi connectivity index (χ3v) is 4.12. The largest absolute Gasteiger partial charge is 0.448 e. The van der Waals surface area contributed by atoms with Crippen molar-refractivity contribution in [1.29, 1.82) is 0 Å². The second kappa shape index (κ2) is 8.55. The Balaban J connectivity index is 0.00000192. The molecule has 23 heavy (non-hydrogen) atoms. The summed E-state index contributed by atoms with van der Waals surface area (Å²) in [6, 6.07) is 7.77. The Bertz CT molecular complexity index is 612. The molecule has 0 atom stereocenters. The molecule has 0 spiro atoms. The van der Waals surface area contributed by atoms with E-state index < -0.39 is 0 Å². The molecule has 7 heteroatoms. The van der Waals surface area contributed by atoms with Crippen molar-refractivity contribution in [3.63, 3.8) is 0 Å². The van der Waals surface area contributed by atoms with Gasteiger partial charge in [0.2, 0.25) is 0 Å². The molecule has 1 N–H and O–H groups in total. The molecule has 1 aliphatic heterocycles. The third-order valence-electron chi connectivity index (χ3n) is 3.91. The van der Waals surface area contributed by atoms with Crippen molar-refractivity contribution in [2.24, 2.45) is 0 Å². The van der Waals surface area contributed by atoms with E-state index in [0.717, 1.165) is 44.3 Å². The van der Waals surface area contributed by atoms with Crippen molar-refractivity contribution < 1.29 is 4.42 Å². The van der Waals surface area contributed by atoms with Crippen LogP contribution < -0.4 is 10.2 Å². The molecule has 5 nitrogen and oxygen atoms in total. The predicted octanol–water partition coefficient (Wildman–Crippen LogP) is 2.79. The van der Waals surface area contributed by atoms with E-state index in [4.69, 9.17) is 16.0 Å². The third kappa shape index (κ3) is 4.85. The lowest BCUT2D eigenvalue weighted by molar-refractivity contribution is 0.311. The van der Waals surface area contributed by atoms with Gasteiger partial charge in [0.05, 0.1) is 6.54 Å². The fraction of sp³-hybridized carbons (Fsp3) is 0.438. The van der Waals surface area contributed by atoms with Gasteiger partial charge in [-0.1, -0.05) is 6.07 Å². The lowest BCUT2D eigenvalue weighted by atomic mass is 10.2. The number of furan rings is 1. The molecule has 3 rings (SSSR count). The first-order valence-corrected chi connectivity index (χ1v) is 7.92. The summed E-state index contributed by atoms with van der Waals surface area (Å²) in [5.74, 6) is 1.93. The van der Waals surface area contributed by atoms with Crippen LogP contribution in [0.3, 0.4) is 0 Å². The van der Waals surface area contributed by atoms with Crippen LogP contribution in [-0.2, 0) is 13.1 Å². The van der Waals surface area contributed by atoms with Gasteiger partial charge in [0.25, 0.3) is 0 Å². The average molecular weight is 357 g/mol. The van der Waals surface area contributed by atoms with Gasteiger partial charge in [-0.05, 0) is 36.8 Å². The SMILES string of the molecule is CN1CCN(c2ncccc2CNCc2ccc(Cl)o2)CC1.Cl. The first kappa shape index (κ1) is 18.1. The first-order valence-electron chi connectivity index (χ1n) is 7.55. The number of piperazine rings is 1. The molecule has 1 fully saturated rings. The molecule has 1 saturated heterocycles. The van der Waals surface area contributed by atoms with Crippen LogP contribution in [0.15, 0.2) is 34.9 Å². The summed E-state index contributed by atoms with van der Waals surface area (Å²) in [6.07, 6.45) is 1.86. The number of anilines is 1. The molecular weight excluding hydrogens is 335 g/mol. The molecule has 0 amide bonds. The minimum Gasteiger partial charge on any atom is -0.448 e. The fourth-order valence-corrected chi connectivity index (χ4v) is 2.80. The Morgan fingerprint density at radius 3 is 2.65 bits per heavy atom. The Morgan fingerprint density at radius 1 is 1.17 bits per heavy atom. The summed E-state index contributed by atoms with van der Waals surface area (Å²) in [5, 5.41) is 3.82. The van der Waals surface area contributed by atoms with Gasteiger partial charge >= 0.3 is 0 Å². The zero-order valence-electron chi connectivity index (χ0n) is 13.2. The zero-order chi connectivity index (χ0) is 15.4. The minimum atomic E-state index is 0. The number of nitrogens with one attached hydrogen (secondary N) is 1. The summed E-state index contributed by atoms with van der Waals surface area (Å²) in [4.78, 5) is 9.29. The predicted molar refractivity (Wildman–Crippen MR) is 95.5 cm³/mol. The topological polar surface area (TPSA) is 44.5 Å². The Kier molecular flexibility index (Phi) is 6.72. The monoisotopic (exact) mass is 356 g/mol. The molecule has 1 aliphatic rings. The van der Waals surface area contributed by atoms with Crippen molar-refractivity contribution >= 4 is 29.8 Å². The van der Waals surface area contributed by atoms with Crippen LogP contribution in [0.25, 0.3) is 0 Å². The van der Waals surface area contributed by atoms with Crippen molar-refractivity contribution in [2.75, 3.05) is 38.1 Å². The van der Waals surface area contributed by atoms with Crippen LogP contribution in [0.2, 0.25) is 5.22 Å². The standard InChI is InChI=1S/C16H21ClN4O.ClH/c1-20-7-9-21(10-8-20)16-13(3-2-6-19-16)11-18-12-14-4-5-15(17)22-14;/h2-6,18H,7-12H2,1H3;1H. The van der Waals surface area contributed by atoms with Gasteiger partial charge in [0.1, 0.15) is 11.6 Å². The van der Waals surface area contributed by atoms with Crippen LogP contribution in [0.5, 0.6) is 0 Å². The lowest BCUT2D eigenvalue weighted by Crippen LogP contribution is -2.45. The van der Waals surface area contributed by atoms with Crippen LogP contribution in [0.1, 0.15) is 11.3 Å². The molecule has 2 aromatic rings. The highest BCUT2D eigenvalue weighted by Gasteiger charge is 2.17. The van der Waals surface area contributed by atoms with E-state index in [0.29, 0.717) is 11.8 Å². The summed E-state index contributed by atoms with van der Waals surface area (Å²) in [6.45, 7) is 5.61. The van der Waals surface area contributed by atoms with Crippen LogP contribution in [0.4, 0.5) is 5.82 Å². The lowest BCUT2D eigenvalue weighted by Gasteiger charge is -2.34. The number of halogens is 2. The number of likely N-dealkylation sites (N-methyl/N-ethyl adjacent to an activating group) is 1. The van der Waals surface area contributed by atoms with Gasteiger partial charge in [0, 0.05) is 44.5 Å². The summed E-state index contributed by atoms with van der Waals surface area (Å²) in [5.41, 5.74) is 1.21. The minimum absolute atomic E-state index is 0. The van der Waals surface area contributed by atoms with Gasteiger partial charge < -0.3 is 19.5 Å². The summed E-state index contributed by atoms with van der Waals surface area (Å²) >= 11 is 5.78. The average Bonchev–Trinajstić information content (AvgIpc) is 2.94. The molecule has 3 heterocycles. The zero-order valence-corrected chi connectivity index (χ0v) is 14.7.